The average Bonchev–Trinajstić information content (AvgIpc) is 2.11. The molecule has 0 saturated heterocycles. The molecule has 17 heavy (non-hydrogen) atoms. The fourth-order valence-electron chi connectivity index (χ4n) is 1.09. The summed E-state index contributed by atoms with van der Waals surface area (Å²) in [6.07, 6.45) is 1.05. The molecule has 4 heteroatoms. The van der Waals surface area contributed by atoms with Crippen LogP contribution in [-0.4, -0.2) is 35.5 Å². The topological polar surface area (TPSA) is 46.6 Å². The molecular formula is C13H23NO3. The van der Waals surface area contributed by atoms with Crippen LogP contribution in [0.1, 0.15) is 41.5 Å². The van der Waals surface area contributed by atoms with E-state index >= 15 is 0 Å². The summed E-state index contributed by atoms with van der Waals surface area (Å²) in [5.41, 5.74) is 0.365. The number of hydrogen-bond donors (Lipinski definition) is 0. The Kier molecular flexibility index (Phi) is 5.39. The first kappa shape index (κ1) is 15.7. The summed E-state index contributed by atoms with van der Waals surface area (Å²) < 4.78 is 5.19. The third-order valence-electron chi connectivity index (χ3n) is 2.11. The molecule has 4 nitrogen and oxygen atoms in total. The van der Waals surface area contributed by atoms with E-state index in [1.807, 2.05) is 13.8 Å². The van der Waals surface area contributed by atoms with E-state index in [0.29, 0.717) is 0 Å². The standard InChI is InChI=1S/C13H23NO3/c1-9(2)8-11(15)10(3)14(7)12(16)17-13(4,5)6/h8,10H,1-7H3. The van der Waals surface area contributed by atoms with Crippen LogP contribution in [0.25, 0.3) is 0 Å². The molecule has 0 aliphatic carbocycles. The second-order valence-corrected chi connectivity index (χ2v) is 5.39. The minimum Gasteiger partial charge on any atom is -0.444 e. The second kappa shape index (κ2) is 5.84. The summed E-state index contributed by atoms with van der Waals surface area (Å²) >= 11 is 0. The summed E-state index contributed by atoms with van der Waals surface area (Å²) in [4.78, 5) is 24.8. The lowest BCUT2D eigenvalue weighted by Crippen LogP contribution is -2.42. The van der Waals surface area contributed by atoms with Gasteiger partial charge in [-0.3, -0.25) is 4.79 Å². The van der Waals surface area contributed by atoms with Crippen molar-refractivity contribution in [2.24, 2.45) is 0 Å². The van der Waals surface area contributed by atoms with Crippen molar-refractivity contribution in [1.82, 2.24) is 4.90 Å². The van der Waals surface area contributed by atoms with Crippen LogP contribution in [0, 0.1) is 0 Å². The number of allylic oxidation sites excluding steroid dienone is 1. The highest BCUT2D eigenvalue weighted by molar-refractivity contribution is 5.96. The molecule has 0 heterocycles. The Balaban J connectivity index is 4.60. The van der Waals surface area contributed by atoms with E-state index in [1.165, 1.54) is 11.0 Å². The Morgan fingerprint density at radius 1 is 1.24 bits per heavy atom. The molecule has 0 aliphatic rings. The van der Waals surface area contributed by atoms with E-state index in [4.69, 9.17) is 4.74 Å². The maximum absolute atomic E-state index is 11.7. The van der Waals surface area contributed by atoms with E-state index in [9.17, 15) is 9.59 Å². The smallest absolute Gasteiger partial charge is 0.410 e. The number of rotatable bonds is 3. The molecule has 0 N–H and O–H groups in total. The first-order valence-electron chi connectivity index (χ1n) is 5.69. The molecule has 0 aromatic heterocycles. The highest BCUT2D eigenvalue weighted by atomic mass is 16.6. The summed E-state index contributed by atoms with van der Waals surface area (Å²) in [5.74, 6) is -0.0987. The van der Waals surface area contributed by atoms with E-state index in [-0.39, 0.29) is 5.78 Å². The van der Waals surface area contributed by atoms with Gasteiger partial charge in [0.05, 0.1) is 6.04 Å². The number of carbonyl (C=O) groups is 2. The Bertz CT molecular complexity index is 322. The Labute approximate surface area is 104 Å². The maximum Gasteiger partial charge on any atom is 0.410 e. The number of amides is 1. The highest BCUT2D eigenvalue weighted by Gasteiger charge is 2.25. The largest absolute Gasteiger partial charge is 0.444 e. The van der Waals surface area contributed by atoms with E-state index in [0.717, 1.165) is 5.57 Å². The second-order valence-electron chi connectivity index (χ2n) is 5.39. The lowest BCUT2D eigenvalue weighted by molar-refractivity contribution is -0.118. The minimum absolute atomic E-state index is 0.0987. The molecule has 0 spiro atoms. The van der Waals surface area contributed by atoms with Gasteiger partial charge in [-0.1, -0.05) is 5.57 Å². The molecule has 0 aliphatic heterocycles. The summed E-state index contributed by atoms with van der Waals surface area (Å²) in [6, 6.07) is -0.514. The van der Waals surface area contributed by atoms with Gasteiger partial charge in [0.25, 0.3) is 0 Å². The summed E-state index contributed by atoms with van der Waals surface area (Å²) in [5, 5.41) is 0. The third kappa shape index (κ3) is 6.09. The predicted octanol–water partition coefficient (Wildman–Crippen LogP) is 2.78. The van der Waals surface area contributed by atoms with Gasteiger partial charge < -0.3 is 9.64 Å². The molecule has 0 aromatic rings. The van der Waals surface area contributed by atoms with Gasteiger partial charge in [0.2, 0.25) is 0 Å². The van der Waals surface area contributed by atoms with Gasteiger partial charge in [0, 0.05) is 7.05 Å². The van der Waals surface area contributed by atoms with E-state index in [2.05, 4.69) is 0 Å². The monoisotopic (exact) mass is 241 g/mol. The molecule has 0 fully saturated rings. The zero-order valence-corrected chi connectivity index (χ0v) is 11.8. The van der Waals surface area contributed by atoms with Crippen LogP contribution >= 0.6 is 0 Å². The van der Waals surface area contributed by atoms with Crippen molar-refractivity contribution in [3.8, 4) is 0 Å². The van der Waals surface area contributed by atoms with Crippen molar-refractivity contribution in [2.45, 2.75) is 53.2 Å². The maximum atomic E-state index is 11.7. The average molecular weight is 241 g/mol. The first-order chi connectivity index (χ1) is 7.54. The van der Waals surface area contributed by atoms with Crippen molar-refractivity contribution in [2.75, 3.05) is 7.05 Å². The lowest BCUT2D eigenvalue weighted by atomic mass is 10.1. The van der Waals surface area contributed by atoms with Gasteiger partial charge in [-0.05, 0) is 47.6 Å². The number of hydrogen-bond acceptors (Lipinski definition) is 3. The van der Waals surface area contributed by atoms with Crippen LogP contribution in [0.3, 0.4) is 0 Å². The Morgan fingerprint density at radius 3 is 2.06 bits per heavy atom. The van der Waals surface area contributed by atoms with Crippen molar-refractivity contribution < 1.29 is 14.3 Å². The molecule has 0 aromatic carbocycles. The molecule has 0 radical (unpaired) electrons. The van der Waals surface area contributed by atoms with Crippen LogP contribution < -0.4 is 0 Å². The number of likely N-dealkylation sites (N-methyl/N-ethyl adjacent to an activating group) is 1. The van der Waals surface area contributed by atoms with Crippen LogP contribution in [0.15, 0.2) is 11.6 Å². The molecule has 0 bridgehead atoms. The number of ether oxygens (including phenoxy) is 1. The molecule has 98 valence electrons. The fraction of sp³-hybridized carbons (Fsp3) is 0.692. The van der Waals surface area contributed by atoms with Crippen molar-refractivity contribution in [3.05, 3.63) is 11.6 Å². The lowest BCUT2D eigenvalue weighted by Gasteiger charge is -2.27. The zero-order chi connectivity index (χ0) is 13.8. The molecular weight excluding hydrogens is 218 g/mol. The number of ketones is 1. The fourth-order valence-corrected chi connectivity index (χ4v) is 1.09. The van der Waals surface area contributed by atoms with Gasteiger partial charge in [-0.25, -0.2) is 4.79 Å². The van der Waals surface area contributed by atoms with Gasteiger partial charge in [0.1, 0.15) is 5.60 Å². The van der Waals surface area contributed by atoms with E-state index < -0.39 is 17.7 Å². The number of carbonyl (C=O) groups excluding carboxylic acids is 2. The predicted molar refractivity (Wildman–Crippen MR) is 67.9 cm³/mol. The Morgan fingerprint density at radius 2 is 1.71 bits per heavy atom. The summed E-state index contributed by atoms with van der Waals surface area (Å²) in [7, 11) is 1.56. The zero-order valence-electron chi connectivity index (χ0n) is 11.8. The molecule has 1 unspecified atom stereocenters. The van der Waals surface area contributed by atoms with Gasteiger partial charge in [-0.2, -0.15) is 0 Å². The molecule has 0 rings (SSSR count). The SMILES string of the molecule is CC(C)=CC(=O)C(C)N(C)C(=O)OC(C)(C)C. The molecule has 1 atom stereocenters. The van der Waals surface area contributed by atoms with Crippen LogP contribution in [0.2, 0.25) is 0 Å². The van der Waals surface area contributed by atoms with E-state index in [1.54, 1.807) is 34.7 Å². The molecule has 1 amide bonds. The van der Waals surface area contributed by atoms with Crippen molar-refractivity contribution >= 4 is 11.9 Å². The van der Waals surface area contributed by atoms with Crippen LogP contribution in [0.5, 0.6) is 0 Å². The van der Waals surface area contributed by atoms with Crippen LogP contribution in [0.4, 0.5) is 4.79 Å². The van der Waals surface area contributed by atoms with Gasteiger partial charge >= 0.3 is 6.09 Å². The molecule has 0 saturated carbocycles. The van der Waals surface area contributed by atoms with Crippen LogP contribution in [-0.2, 0) is 9.53 Å². The minimum atomic E-state index is -0.551. The number of nitrogens with zero attached hydrogens (tertiary/aromatic N) is 1. The van der Waals surface area contributed by atoms with Crippen molar-refractivity contribution in [1.29, 1.82) is 0 Å². The third-order valence-corrected chi connectivity index (χ3v) is 2.11. The van der Waals surface area contributed by atoms with Crippen molar-refractivity contribution in [3.63, 3.8) is 0 Å². The van der Waals surface area contributed by atoms with Gasteiger partial charge in [-0.15, -0.1) is 0 Å². The Hall–Kier alpha value is -1.32. The first-order valence-corrected chi connectivity index (χ1v) is 5.69. The summed E-state index contributed by atoms with van der Waals surface area (Å²) in [6.45, 7) is 10.8. The quantitative estimate of drug-likeness (QED) is 0.714. The normalized spacial score (nSPS) is 12.6. The van der Waals surface area contributed by atoms with Gasteiger partial charge in [0.15, 0.2) is 5.78 Å². The highest BCUT2D eigenvalue weighted by Crippen LogP contribution is 2.11.